The summed E-state index contributed by atoms with van der Waals surface area (Å²) >= 11 is 16.5. The molecular weight excluding hydrogens is 286 g/mol. The minimum absolute atomic E-state index is 0.181. The van der Waals surface area contributed by atoms with Crippen molar-refractivity contribution in [1.29, 1.82) is 0 Å². The molecule has 0 unspecified atom stereocenters. The zero-order valence-electron chi connectivity index (χ0n) is 8.47. The van der Waals surface area contributed by atoms with Crippen LogP contribution in [0.2, 0.25) is 0 Å². The number of rotatable bonds is 0. The number of ketones is 2. The maximum atomic E-state index is 11.3. The van der Waals surface area contributed by atoms with Crippen LogP contribution in [0.5, 0.6) is 0 Å². The molecule has 0 atom stereocenters. The second-order valence-corrected chi connectivity index (χ2v) is 4.03. The average molecular weight is 292 g/mol. The van der Waals surface area contributed by atoms with Gasteiger partial charge in [0.05, 0.1) is 5.57 Å². The first kappa shape index (κ1) is 13.9. The van der Waals surface area contributed by atoms with Gasteiger partial charge in [0.1, 0.15) is 10.1 Å². The number of halogens is 3. The van der Waals surface area contributed by atoms with Crippen LogP contribution in [0.25, 0.3) is 0 Å². The number of hydrogen-bond donors (Lipinski definition) is 1. The van der Waals surface area contributed by atoms with Crippen molar-refractivity contribution in [1.82, 2.24) is 0 Å². The third kappa shape index (κ3) is 2.73. The van der Waals surface area contributed by atoms with Gasteiger partial charge in [0.15, 0.2) is 5.76 Å². The number of Topliss-reactive ketones (excluding diaryl/α,β-unsaturated/α-hetero) is 2. The highest BCUT2D eigenvalue weighted by Gasteiger charge is 2.32. The van der Waals surface area contributed by atoms with Gasteiger partial charge < -0.3 is 5.11 Å². The maximum Gasteiger partial charge on any atom is 0.249 e. The molecule has 1 N–H and O–H groups in total. The summed E-state index contributed by atoms with van der Waals surface area (Å²) in [6.45, 7) is 1.62. The molecule has 1 rings (SSSR count). The molecule has 0 aromatic heterocycles. The van der Waals surface area contributed by atoms with Crippen LogP contribution < -0.4 is 0 Å². The fourth-order valence-corrected chi connectivity index (χ4v) is 1.39. The standard InChI is InChI=1S/C11H5Cl3O3/c1-5(4-12)2-3-6-7(13)10(16)11(17)8(14)9(6)15/h4,15H,1H3. The lowest BCUT2D eigenvalue weighted by Crippen LogP contribution is -2.21. The topological polar surface area (TPSA) is 54.4 Å². The molecule has 1 aliphatic rings. The summed E-state index contributed by atoms with van der Waals surface area (Å²) in [6.07, 6.45) is 0. The first-order valence-corrected chi connectivity index (χ1v) is 5.46. The van der Waals surface area contributed by atoms with Crippen molar-refractivity contribution in [2.24, 2.45) is 0 Å². The number of allylic oxidation sites excluding steroid dienone is 4. The summed E-state index contributed by atoms with van der Waals surface area (Å²) in [7, 11) is 0. The van der Waals surface area contributed by atoms with Crippen LogP contribution in [0.15, 0.2) is 32.5 Å². The fraction of sp³-hybridized carbons (Fsp3) is 0.0909. The van der Waals surface area contributed by atoms with Crippen molar-refractivity contribution in [3.05, 3.63) is 32.5 Å². The quantitative estimate of drug-likeness (QED) is 0.424. The van der Waals surface area contributed by atoms with Crippen LogP contribution in [-0.2, 0) is 9.59 Å². The molecule has 1 aliphatic carbocycles. The van der Waals surface area contributed by atoms with E-state index in [4.69, 9.17) is 34.8 Å². The molecule has 17 heavy (non-hydrogen) atoms. The zero-order chi connectivity index (χ0) is 13.2. The lowest BCUT2D eigenvalue weighted by molar-refractivity contribution is -0.131. The van der Waals surface area contributed by atoms with Gasteiger partial charge in [-0.25, -0.2) is 0 Å². The number of aliphatic hydroxyl groups is 1. The highest BCUT2D eigenvalue weighted by Crippen LogP contribution is 2.28. The van der Waals surface area contributed by atoms with Crippen LogP contribution in [0.4, 0.5) is 0 Å². The summed E-state index contributed by atoms with van der Waals surface area (Å²) < 4.78 is 0. The molecule has 0 heterocycles. The molecule has 0 saturated heterocycles. The van der Waals surface area contributed by atoms with Gasteiger partial charge in [-0.1, -0.05) is 46.6 Å². The van der Waals surface area contributed by atoms with Crippen molar-refractivity contribution >= 4 is 46.4 Å². The Labute approximate surface area is 112 Å². The summed E-state index contributed by atoms with van der Waals surface area (Å²) in [5, 5.41) is 8.52. The molecule has 0 amide bonds. The number of carbonyl (C=O) groups excluding carboxylic acids is 2. The van der Waals surface area contributed by atoms with Crippen LogP contribution in [0, 0.1) is 11.8 Å². The average Bonchev–Trinajstić information content (AvgIpc) is 2.33. The van der Waals surface area contributed by atoms with Crippen molar-refractivity contribution in [3.63, 3.8) is 0 Å². The molecule has 0 aromatic rings. The number of carbonyl (C=O) groups is 2. The lowest BCUT2D eigenvalue weighted by atomic mass is 10.0. The molecule has 0 fully saturated rings. The minimum atomic E-state index is -1.05. The van der Waals surface area contributed by atoms with Gasteiger partial charge in [0, 0.05) is 11.1 Å². The summed E-state index contributed by atoms with van der Waals surface area (Å²) in [4.78, 5) is 22.5. The van der Waals surface area contributed by atoms with E-state index in [-0.39, 0.29) is 5.57 Å². The lowest BCUT2D eigenvalue weighted by Gasteiger charge is -2.10. The molecule has 0 spiro atoms. The van der Waals surface area contributed by atoms with Crippen LogP contribution in [0.1, 0.15) is 6.92 Å². The molecule has 0 radical (unpaired) electrons. The Morgan fingerprint density at radius 1 is 1.24 bits per heavy atom. The molecular formula is C11H5Cl3O3. The van der Waals surface area contributed by atoms with E-state index in [1.54, 1.807) is 6.92 Å². The van der Waals surface area contributed by atoms with E-state index in [0.717, 1.165) is 0 Å². The van der Waals surface area contributed by atoms with Crippen molar-refractivity contribution in [2.75, 3.05) is 0 Å². The van der Waals surface area contributed by atoms with E-state index in [9.17, 15) is 14.7 Å². The Kier molecular flexibility index (Phi) is 4.41. The maximum absolute atomic E-state index is 11.3. The normalized spacial score (nSPS) is 17.3. The monoisotopic (exact) mass is 290 g/mol. The fourth-order valence-electron chi connectivity index (χ4n) is 0.937. The van der Waals surface area contributed by atoms with Crippen molar-refractivity contribution < 1.29 is 14.7 Å². The van der Waals surface area contributed by atoms with Gasteiger partial charge in [-0.3, -0.25) is 9.59 Å². The summed E-state index contributed by atoms with van der Waals surface area (Å²) in [5.41, 5.74) is 1.54. The largest absolute Gasteiger partial charge is 0.505 e. The zero-order valence-corrected chi connectivity index (χ0v) is 10.7. The van der Waals surface area contributed by atoms with Gasteiger partial charge in [0.2, 0.25) is 11.6 Å². The van der Waals surface area contributed by atoms with E-state index in [2.05, 4.69) is 11.8 Å². The molecule has 0 bridgehead atoms. The van der Waals surface area contributed by atoms with Crippen molar-refractivity contribution in [2.45, 2.75) is 6.92 Å². The number of hydrogen-bond acceptors (Lipinski definition) is 3. The molecule has 88 valence electrons. The van der Waals surface area contributed by atoms with Gasteiger partial charge in [0.25, 0.3) is 0 Å². The van der Waals surface area contributed by atoms with E-state index in [0.29, 0.717) is 5.57 Å². The molecule has 0 aromatic carbocycles. The Balaban J connectivity index is 3.35. The molecule has 0 saturated carbocycles. The van der Waals surface area contributed by atoms with E-state index in [1.807, 2.05) is 0 Å². The van der Waals surface area contributed by atoms with Gasteiger partial charge in [-0.05, 0) is 6.92 Å². The van der Waals surface area contributed by atoms with Gasteiger partial charge in [-0.2, -0.15) is 0 Å². The second kappa shape index (κ2) is 5.42. The van der Waals surface area contributed by atoms with Crippen molar-refractivity contribution in [3.8, 4) is 11.8 Å². The second-order valence-electron chi connectivity index (χ2n) is 3.05. The molecule has 0 aliphatic heterocycles. The highest BCUT2D eigenvalue weighted by molar-refractivity contribution is 6.68. The van der Waals surface area contributed by atoms with Gasteiger partial charge >= 0.3 is 0 Å². The first-order chi connectivity index (χ1) is 7.90. The Morgan fingerprint density at radius 3 is 2.29 bits per heavy atom. The Hall–Kier alpha value is -1.21. The third-order valence-corrected chi connectivity index (χ3v) is 2.86. The van der Waals surface area contributed by atoms with E-state index >= 15 is 0 Å². The SMILES string of the molecule is CC(C#CC1=C(Cl)C(=O)C(=O)C(Cl)=C1O)=CCl. The molecule has 3 nitrogen and oxygen atoms in total. The number of aliphatic hydroxyl groups excluding tert-OH is 1. The summed E-state index contributed by atoms with van der Waals surface area (Å²) in [6, 6.07) is 0. The van der Waals surface area contributed by atoms with Crippen LogP contribution in [0.3, 0.4) is 0 Å². The smallest absolute Gasteiger partial charge is 0.249 e. The van der Waals surface area contributed by atoms with E-state index < -0.39 is 27.4 Å². The van der Waals surface area contributed by atoms with Gasteiger partial charge in [-0.15, -0.1) is 0 Å². The predicted octanol–water partition coefficient (Wildman–Crippen LogP) is 2.79. The minimum Gasteiger partial charge on any atom is -0.505 e. The van der Waals surface area contributed by atoms with E-state index in [1.165, 1.54) is 5.54 Å². The van der Waals surface area contributed by atoms with Crippen LogP contribution >= 0.6 is 34.8 Å². The molecule has 6 heteroatoms. The predicted molar refractivity (Wildman–Crippen MR) is 65.8 cm³/mol. The van der Waals surface area contributed by atoms with Crippen LogP contribution in [-0.4, -0.2) is 16.7 Å². The highest BCUT2D eigenvalue weighted by atomic mass is 35.5. The Bertz CT molecular complexity index is 556. The Morgan fingerprint density at radius 2 is 1.76 bits per heavy atom. The third-order valence-electron chi connectivity index (χ3n) is 1.82. The summed E-state index contributed by atoms with van der Waals surface area (Å²) in [5.74, 6) is 2.33. The first-order valence-electron chi connectivity index (χ1n) is 4.27.